The predicted octanol–water partition coefficient (Wildman–Crippen LogP) is 5.51. The maximum atomic E-state index is 11.1. The molecule has 0 radical (unpaired) electrons. The van der Waals surface area contributed by atoms with Crippen molar-refractivity contribution in [2.45, 2.75) is 13.5 Å². The van der Waals surface area contributed by atoms with Crippen molar-refractivity contribution >= 4 is 44.4 Å². The Morgan fingerprint density at radius 2 is 2.12 bits per heavy atom. The molecule has 0 unspecified atom stereocenters. The summed E-state index contributed by atoms with van der Waals surface area (Å²) in [6.07, 6.45) is 2.93. The molecule has 0 aliphatic rings. The summed E-state index contributed by atoms with van der Waals surface area (Å²) >= 11 is 4.91. The van der Waals surface area contributed by atoms with Crippen LogP contribution in [0.1, 0.15) is 11.4 Å². The molecule has 0 fully saturated rings. The van der Waals surface area contributed by atoms with E-state index in [0.29, 0.717) is 23.3 Å². The van der Waals surface area contributed by atoms with E-state index >= 15 is 0 Å². The van der Waals surface area contributed by atoms with Gasteiger partial charge in [-0.3, -0.25) is 5.43 Å². The van der Waals surface area contributed by atoms with E-state index in [9.17, 15) is 10.1 Å². The van der Waals surface area contributed by atoms with Crippen molar-refractivity contribution < 1.29 is 9.66 Å². The van der Waals surface area contributed by atoms with Crippen LogP contribution in [0.5, 0.6) is 5.75 Å². The number of thiazole rings is 1. The van der Waals surface area contributed by atoms with Crippen molar-refractivity contribution in [3.05, 3.63) is 86.1 Å². The molecule has 2 aromatic heterocycles. The van der Waals surface area contributed by atoms with E-state index < -0.39 is 4.92 Å². The van der Waals surface area contributed by atoms with Crippen LogP contribution in [0.25, 0.3) is 11.3 Å². The molecule has 9 nitrogen and oxygen atoms in total. The number of anilines is 1. The fourth-order valence-electron chi connectivity index (χ4n) is 3.06. The Morgan fingerprint density at radius 1 is 1.30 bits per heavy atom. The predicted molar refractivity (Wildman–Crippen MR) is 132 cm³/mol. The summed E-state index contributed by atoms with van der Waals surface area (Å²) in [4.78, 5) is 19.2. The highest BCUT2D eigenvalue weighted by Gasteiger charge is 2.16. The molecule has 0 bridgehead atoms. The Labute approximate surface area is 202 Å². The largest absolute Gasteiger partial charge is 0.489 e. The second-order valence-electron chi connectivity index (χ2n) is 6.91. The number of benzene rings is 2. The van der Waals surface area contributed by atoms with Gasteiger partial charge in [-0.25, -0.2) is 14.5 Å². The fraction of sp³-hybridized carbons (Fsp3) is 0.136. The van der Waals surface area contributed by atoms with E-state index in [1.165, 1.54) is 22.1 Å². The Kier molecular flexibility index (Phi) is 7.10. The second kappa shape index (κ2) is 10.4. The maximum absolute atomic E-state index is 11.1. The molecule has 0 aliphatic heterocycles. The third-order valence-corrected chi connectivity index (χ3v) is 5.96. The quantitative estimate of drug-likeness (QED) is 0.175. The van der Waals surface area contributed by atoms with Crippen molar-refractivity contribution in [2.24, 2.45) is 5.10 Å². The molecule has 2 aromatic carbocycles. The van der Waals surface area contributed by atoms with Crippen LogP contribution in [0.2, 0.25) is 0 Å². The first-order valence-electron chi connectivity index (χ1n) is 9.89. The van der Waals surface area contributed by atoms with Crippen molar-refractivity contribution in [3.8, 4) is 17.0 Å². The zero-order valence-corrected chi connectivity index (χ0v) is 19.9. The highest BCUT2D eigenvalue weighted by atomic mass is 79.9. The molecule has 11 heteroatoms. The summed E-state index contributed by atoms with van der Waals surface area (Å²) in [6.45, 7) is 2.32. The summed E-state index contributed by atoms with van der Waals surface area (Å²) in [7, 11) is 0. The van der Waals surface area contributed by atoms with Gasteiger partial charge in [0, 0.05) is 22.3 Å². The lowest BCUT2D eigenvalue weighted by Gasteiger charge is -2.07. The molecule has 0 spiro atoms. The molecule has 1 N–H and O–H groups in total. The van der Waals surface area contributed by atoms with E-state index in [0.717, 1.165) is 21.3 Å². The Hall–Kier alpha value is -3.57. The average molecular weight is 527 g/mol. The van der Waals surface area contributed by atoms with Crippen LogP contribution in [0, 0.1) is 17.0 Å². The monoisotopic (exact) mass is 526 g/mol. The summed E-state index contributed by atoms with van der Waals surface area (Å²) in [6, 6.07) is 15.4. The number of hydrazone groups is 1. The van der Waals surface area contributed by atoms with E-state index in [4.69, 9.17) is 4.74 Å². The minimum absolute atomic E-state index is 0.0477. The van der Waals surface area contributed by atoms with Crippen LogP contribution in [0.15, 0.2) is 69.7 Å². The number of imidazole rings is 1. The van der Waals surface area contributed by atoms with Crippen LogP contribution in [-0.2, 0) is 6.54 Å². The molecule has 33 heavy (non-hydrogen) atoms. The molecule has 168 valence electrons. The molecule has 0 atom stereocenters. The average Bonchev–Trinajstić information content (AvgIpc) is 3.42. The standard InChI is InChI=1S/C22H19BrN6O3S/c1-15-24-13-21(29(30)31)28(15)9-10-32-19-4-2-3-16(11-19)12-25-27-22-26-20(14-33-22)17-5-7-18(23)8-6-17/h2-8,11-14H,9-10H2,1H3,(H,26,27)/b25-12+. The number of aromatic nitrogens is 3. The third kappa shape index (κ3) is 5.82. The number of nitro groups is 1. The smallest absolute Gasteiger partial charge is 0.342 e. The molecule has 0 aliphatic carbocycles. The zero-order chi connectivity index (χ0) is 23.2. The van der Waals surface area contributed by atoms with Crippen molar-refractivity contribution in [1.82, 2.24) is 14.5 Å². The van der Waals surface area contributed by atoms with Gasteiger partial charge in [0.05, 0.1) is 11.9 Å². The third-order valence-electron chi connectivity index (χ3n) is 4.68. The van der Waals surface area contributed by atoms with Gasteiger partial charge in [0.1, 0.15) is 25.1 Å². The summed E-state index contributed by atoms with van der Waals surface area (Å²) in [5.41, 5.74) is 5.71. The summed E-state index contributed by atoms with van der Waals surface area (Å²) < 4.78 is 8.31. The number of rotatable bonds is 9. The first-order valence-corrected chi connectivity index (χ1v) is 11.6. The van der Waals surface area contributed by atoms with E-state index in [1.54, 1.807) is 13.1 Å². The van der Waals surface area contributed by atoms with Gasteiger partial charge in [-0.15, -0.1) is 11.3 Å². The SMILES string of the molecule is Cc1ncc([N+](=O)[O-])n1CCOc1cccc(/C=N/Nc2nc(-c3ccc(Br)cc3)cs2)c1. The molecule has 4 aromatic rings. The Bertz CT molecular complexity index is 1290. The van der Waals surface area contributed by atoms with Crippen molar-refractivity contribution in [2.75, 3.05) is 12.0 Å². The number of nitrogens with zero attached hydrogens (tertiary/aromatic N) is 5. The lowest BCUT2D eigenvalue weighted by molar-refractivity contribution is -0.392. The number of nitrogens with one attached hydrogen (secondary N) is 1. The Morgan fingerprint density at radius 3 is 2.91 bits per heavy atom. The van der Waals surface area contributed by atoms with Crippen LogP contribution < -0.4 is 10.2 Å². The molecule has 0 amide bonds. The molecular weight excluding hydrogens is 508 g/mol. The van der Waals surface area contributed by atoms with Gasteiger partial charge < -0.3 is 14.9 Å². The van der Waals surface area contributed by atoms with Gasteiger partial charge in [-0.1, -0.05) is 40.2 Å². The fourth-order valence-corrected chi connectivity index (χ4v) is 3.99. The van der Waals surface area contributed by atoms with Crippen LogP contribution in [0.3, 0.4) is 0 Å². The normalized spacial score (nSPS) is 11.1. The minimum Gasteiger partial charge on any atom is -0.489 e. The summed E-state index contributed by atoms with van der Waals surface area (Å²) in [5.74, 6) is 1.17. The van der Waals surface area contributed by atoms with Crippen LogP contribution in [-0.4, -0.2) is 32.3 Å². The molecule has 4 rings (SSSR count). The number of ether oxygens (including phenoxy) is 1. The maximum Gasteiger partial charge on any atom is 0.342 e. The first kappa shape index (κ1) is 22.6. The highest BCUT2D eigenvalue weighted by molar-refractivity contribution is 9.10. The molecule has 0 saturated carbocycles. The number of aryl methyl sites for hydroxylation is 1. The van der Waals surface area contributed by atoms with Gasteiger partial charge in [0.2, 0.25) is 5.13 Å². The van der Waals surface area contributed by atoms with E-state index in [-0.39, 0.29) is 12.4 Å². The first-order chi connectivity index (χ1) is 16.0. The molecule has 2 heterocycles. The highest BCUT2D eigenvalue weighted by Crippen LogP contribution is 2.26. The lowest BCUT2D eigenvalue weighted by Crippen LogP contribution is -2.11. The van der Waals surface area contributed by atoms with Gasteiger partial charge in [0.15, 0.2) is 5.82 Å². The zero-order valence-electron chi connectivity index (χ0n) is 17.5. The van der Waals surface area contributed by atoms with Gasteiger partial charge in [-0.2, -0.15) is 5.10 Å². The summed E-state index contributed by atoms with van der Waals surface area (Å²) in [5, 5.41) is 18.0. The number of hydrogen-bond acceptors (Lipinski definition) is 8. The molecular formula is C22H19BrN6O3S. The van der Waals surface area contributed by atoms with Gasteiger partial charge in [-0.05, 0) is 34.8 Å². The van der Waals surface area contributed by atoms with E-state index in [1.807, 2.05) is 53.9 Å². The van der Waals surface area contributed by atoms with Crippen molar-refractivity contribution in [1.29, 1.82) is 0 Å². The van der Waals surface area contributed by atoms with Crippen LogP contribution in [0.4, 0.5) is 10.9 Å². The Balaban J connectivity index is 1.32. The molecule has 0 saturated heterocycles. The van der Waals surface area contributed by atoms with Gasteiger partial charge in [0.25, 0.3) is 0 Å². The second-order valence-corrected chi connectivity index (χ2v) is 8.68. The van der Waals surface area contributed by atoms with Gasteiger partial charge >= 0.3 is 5.82 Å². The lowest BCUT2D eigenvalue weighted by atomic mass is 10.2. The van der Waals surface area contributed by atoms with Crippen LogP contribution >= 0.6 is 27.3 Å². The number of halogens is 1. The number of hydrogen-bond donors (Lipinski definition) is 1. The minimum atomic E-state index is -0.450. The van der Waals surface area contributed by atoms with Crippen molar-refractivity contribution in [3.63, 3.8) is 0 Å². The topological polar surface area (TPSA) is 107 Å². The van der Waals surface area contributed by atoms with E-state index in [2.05, 4.69) is 36.4 Å².